The number of allylic oxidation sites excluding steroid dienone is 1. The zero-order valence-corrected chi connectivity index (χ0v) is 22.4. The Labute approximate surface area is 211 Å². The molecule has 2 aromatic rings. The molecule has 32 heavy (non-hydrogen) atoms. The maximum Gasteiger partial charge on any atom is 1.00 e. The Kier molecular flexibility index (Phi) is 11.2. The van der Waals surface area contributed by atoms with Crippen molar-refractivity contribution in [1.82, 2.24) is 0 Å². The summed E-state index contributed by atoms with van der Waals surface area (Å²) in [6.45, 7) is 22.6. The molecule has 0 bridgehead atoms. The summed E-state index contributed by atoms with van der Waals surface area (Å²) in [6, 6.07) is 13.6. The number of rotatable bonds is 9. The van der Waals surface area contributed by atoms with Gasteiger partial charge in [0.2, 0.25) is 0 Å². The van der Waals surface area contributed by atoms with Crippen molar-refractivity contribution >= 4 is 11.4 Å². The van der Waals surface area contributed by atoms with Gasteiger partial charge in [-0.05, 0) is 65.8 Å². The molecule has 0 fully saturated rings. The molecule has 2 nitrogen and oxygen atoms in total. The van der Waals surface area contributed by atoms with Crippen molar-refractivity contribution in [2.24, 2.45) is 0 Å². The fourth-order valence-electron chi connectivity index (χ4n) is 4.30. The summed E-state index contributed by atoms with van der Waals surface area (Å²) in [5.74, 6) is 1.94. The van der Waals surface area contributed by atoms with Gasteiger partial charge in [0.1, 0.15) is 0 Å². The van der Waals surface area contributed by atoms with E-state index in [1.807, 2.05) is 0 Å². The van der Waals surface area contributed by atoms with E-state index in [0.717, 1.165) is 0 Å². The van der Waals surface area contributed by atoms with E-state index in [-0.39, 0.29) is 26.3 Å². The molecule has 0 saturated heterocycles. The van der Waals surface area contributed by atoms with E-state index in [9.17, 15) is 0 Å². The number of hydrogen-bond acceptors (Lipinski definition) is 2. The average Bonchev–Trinajstić information content (AvgIpc) is 2.67. The number of para-hydroxylation sites is 2. The Hall–Kier alpha value is -1.62. The van der Waals surface area contributed by atoms with E-state index in [0.29, 0.717) is 23.7 Å². The van der Waals surface area contributed by atoms with E-state index in [1.165, 1.54) is 39.3 Å². The van der Waals surface area contributed by atoms with Crippen LogP contribution in [0.15, 0.2) is 48.2 Å². The van der Waals surface area contributed by atoms with Crippen LogP contribution >= 0.6 is 0 Å². The van der Waals surface area contributed by atoms with E-state index in [4.69, 9.17) is 0 Å². The predicted molar refractivity (Wildman–Crippen MR) is 141 cm³/mol. The van der Waals surface area contributed by atoms with Crippen molar-refractivity contribution in [1.29, 1.82) is 0 Å². The van der Waals surface area contributed by atoms with E-state index >= 15 is 0 Å². The maximum atomic E-state index is 3.82. The molecule has 2 rings (SSSR count). The summed E-state index contributed by atoms with van der Waals surface area (Å²) in [5, 5.41) is 7.57. The van der Waals surface area contributed by atoms with Crippen molar-refractivity contribution in [2.75, 3.05) is 10.6 Å². The molecule has 1 unspecified atom stereocenters. The second-order valence-corrected chi connectivity index (χ2v) is 10.1. The Bertz CT molecular complexity index is 848. The van der Waals surface area contributed by atoms with Crippen LogP contribution in [0, 0.1) is 0 Å². The molecule has 0 spiro atoms. The third-order valence-corrected chi connectivity index (χ3v) is 5.94. The van der Waals surface area contributed by atoms with Crippen LogP contribution < -0.4 is 29.5 Å². The zero-order valence-electron chi connectivity index (χ0n) is 23.4. The average molecular weight is 429 g/mol. The van der Waals surface area contributed by atoms with Crippen LogP contribution in [-0.4, -0.2) is 6.04 Å². The van der Waals surface area contributed by atoms with Gasteiger partial charge < -0.3 is 12.1 Å². The molecule has 172 valence electrons. The van der Waals surface area contributed by atoms with Crippen LogP contribution in [0.1, 0.15) is 117 Å². The van der Waals surface area contributed by atoms with Gasteiger partial charge in [-0.15, -0.1) is 0 Å². The van der Waals surface area contributed by atoms with Crippen LogP contribution in [0.5, 0.6) is 0 Å². The van der Waals surface area contributed by atoms with Crippen molar-refractivity contribution in [3.8, 4) is 0 Å². The SMILES string of the molecule is CC(=CC(C)Nc1c(C(C)C)cccc1C(C)C)Nc1c(C(C)C)cccc1C(C)C.[H-].[Li+]. The number of anilines is 2. The van der Waals surface area contributed by atoms with Gasteiger partial charge in [-0.25, -0.2) is 0 Å². The van der Waals surface area contributed by atoms with Crippen molar-refractivity contribution < 1.29 is 20.3 Å². The molecule has 3 heteroatoms. The first-order valence-corrected chi connectivity index (χ1v) is 12.0. The summed E-state index contributed by atoms with van der Waals surface area (Å²) < 4.78 is 0. The smallest absolute Gasteiger partial charge is 1.00 e. The quantitative estimate of drug-likeness (QED) is 0.471. The van der Waals surface area contributed by atoms with Gasteiger partial charge in [-0.1, -0.05) is 91.8 Å². The number of hydrogen-bond donors (Lipinski definition) is 2. The second kappa shape index (κ2) is 12.6. The molecule has 2 N–H and O–H groups in total. The second-order valence-electron chi connectivity index (χ2n) is 10.1. The molecule has 0 aliphatic carbocycles. The van der Waals surface area contributed by atoms with E-state index in [1.54, 1.807) is 0 Å². The first-order valence-electron chi connectivity index (χ1n) is 12.0. The minimum Gasteiger partial charge on any atom is -1.00 e. The minimum absolute atomic E-state index is 0. The van der Waals surface area contributed by atoms with Crippen molar-refractivity contribution in [3.05, 3.63) is 70.4 Å². The topological polar surface area (TPSA) is 24.1 Å². The van der Waals surface area contributed by atoms with Gasteiger partial charge >= 0.3 is 18.9 Å². The summed E-state index contributed by atoms with van der Waals surface area (Å²) in [5.41, 5.74) is 9.31. The summed E-state index contributed by atoms with van der Waals surface area (Å²) in [7, 11) is 0. The fraction of sp³-hybridized carbons (Fsp3) is 0.517. The first-order chi connectivity index (χ1) is 14.5. The zero-order chi connectivity index (χ0) is 23.3. The molecule has 0 saturated carbocycles. The van der Waals surface area contributed by atoms with E-state index in [2.05, 4.69) is 122 Å². The minimum atomic E-state index is 0. The predicted octanol–water partition coefficient (Wildman–Crippen LogP) is 6.11. The van der Waals surface area contributed by atoms with Crippen molar-refractivity contribution in [2.45, 2.75) is 99.0 Å². The van der Waals surface area contributed by atoms with Crippen LogP contribution in [0.25, 0.3) is 0 Å². The first kappa shape index (κ1) is 28.4. The van der Waals surface area contributed by atoms with E-state index < -0.39 is 0 Å². The Morgan fingerprint density at radius 1 is 0.656 bits per heavy atom. The monoisotopic (exact) mass is 428 g/mol. The molecule has 0 radical (unpaired) electrons. The molecule has 0 aliphatic heterocycles. The molecule has 2 aromatic carbocycles. The van der Waals surface area contributed by atoms with Gasteiger partial charge in [0.15, 0.2) is 0 Å². The molecule has 0 heterocycles. The molecule has 0 aromatic heterocycles. The summed E-state index contributed by atoms with van der Waals surface area (Å²) in [6.07, 6.45) is 2.31. The molecular formula is C29H45LiN2. The van der Waals surface area contributed by atoms with Crippen molar-refractivity contribution in [3.63, 3.8) is 0 Å². The molecule has 1 atom stereocenters. The van der Waals surface area contributed by atoms with Gasteiger partial charge in [0.05, 0.1) is 0 Å². The standard InChI is InChI=1S/C29H44N2.Li.H/c1-18(2)24-13-11-14-25(19(3)4)28(24)30-22(9)17-23(10)31-29-26(20(5)6)15-12-16-27(29)21(7)8;;/h11-22,30-31H,1-10H3;;/q;+1;-1. The molecule has 0 aliphatic rings. The van der Waals surface area contributed by atoms with Gasteiger partial charge in [0.25, 0.3) is 0 Å². The fourth-order valence-corrected chi connectivity index (χ4v) is 4.30. The molecule has 0 amide bonds. The largest absolute Gasteiger partial charge is 1.00 e. The molecular weight excluding hydrogens is 383 g/mol. The number of nitrogens with one attached hydrogen (secondary N) is 2. The Balaban J connectivity index is 0.00000512. The van der Waals surface area contributed by atoms with Crippen LogP contribution in [0.3, 0.4) is 0 Å². The Morgan fingerprint density at radius 2 is 1.00 bits per heavy atom. The number of benzene rings is 2. The van der Waals surface area contributed by atoms with Gasteiger partial charge in [-0.2, -0.15) is 0 Å². The van der Waals surface area contributed by atoms with Crippen LogP contribution in [0.2, 0.25) is 0 Å². The van der Waals surface area contributed by atoms with Gasteiger partial charge in [-0.3, -0.25) is 0 Å². The van der Waals surface area contributed by atoms with Crippen LogP contribution in [0.4, 0.5) is 11.4 Å². The summed E-state index contributed by atoms with van der Waals surface area (Å²) in [4.78, 5) is 0. The normalized spacial score (nSPS) is 13.0. The van der Waals surface area contributed by atoms with Crippen LogP contribution in [-0.2, 0) is 0 Å². The Morgan fingerprint density at radius 3 is 1.34 bits per heavy atom. The summed E-state index contributed by atoms with van der Waals surface area (Å²) >= 11 is 0. The third-order valence-electron chi connectivity index (χ3n) is 5.94. The van der Waals surface area contributed by atoms with Gasteiger partial charge in [0, 0.05) is 23.1 Å². The third kappa shape index (κ3) is 7.19. The maximum absolute atomic E-state index is 3.82.